The molecule has 2 saturated carbocycles. The first-order chi connectivity index (χ1) is 30.1. The number of benzene rings is 4. The number of anilines is 2. The lowest BCUT2D eigenvalue weighted by atomic mass is 10.1. The van der Waals surface area contributed by atoms with E-state index in [0.29, 0.717) is 45.5 Å². The Morgan fingerprint density at radius 2 is 1.00 bits per heavy atom. The molecular weight excluding hydrogens is 823 g/mol. The summed E-state index contributed by atoms with van der Waals surface area (Å²) in [6.07, 6.45) is -1.61. The Balaban J connectivity index is 0.000000189. The molecule has 334 valence electrons. The number of aromatic hydroxyl groups is 1. The number of alkyl halides is 6. The van der Waals surface area contributed by atoms with Gasteiger partial charge in [-0.1, -0.05) is 36.4 Å². The number of nitrogens with one attached hydrogen (secondary N) is 2. The van der Waals surface area contributed by atoms with E-state index in [-0.39, 0.29) is 29.0 Å². The Hall–Kier alpha value is -5.74. The molecular formula is C47H52F6N8O2. The molecule has 6 aromatic rings. The summed E-state index contributed by atoms with van der Waals surface area (Å²) >= 11 is 0. The van der Waals surface area contributed by atoms with Gasteiger partial charge in [0.15, 0.2) is 0 Å². The Morgan fingerprint density at radius 1 is 0.587 bits per heavy atom. The molecule has 0 amide bonds. The van der Waals surface area contributed by atoms with Gasteiger partial charge in [-0.05, 0) is 109 Å². The van der Waals surface area contributed by atoms with Crippen LogP contribution in [0, 0.1) is 0 Å². The minimum atomic E-state index is -4.25. The molecule has 0 unspecified atom stereocenters. The van der Waals surface area contributed by atoms with Gasteiger partial charge in [-0.2, -0.15) is 26.3 Å². The van der Waals surface area contributed by atoms with Crippen LogP contribution in [0.25, 0.3) is 21.8 Å². The quantitative estimate of drug-likeness (QED) is 0.0971. The van der Waals surface area contributed by atoms with E-state index in [1.54, 1.807) is 43.5 Å². The zero-order chi connectivity index (χ0) is 44.7. The molecule has 0 bridgehead atoms. The van der Waals surface area contributed by atoms with E-state index < -0.39 is 25.2 Å². The minimum Gasteiger partial charge on any atom is -0.508 e. The number of aromatic nitrogens is 4. The highest BCUT2D eigenvalue weighted by Gasteiger charge is 2.32. The molecule has 16 heteroatoms. The lowest BCUT2D eigenvalue weighted by molar-refractivity contribution is -0.128. The zero-order valence-electron chi connectivity index (χ0n) is 35.4. The first kappa shape index (κ1) is 45.3. The van der Waals surface area contributed by atoms with E-state index in [1.807, 2.05) is 38.4 Å². The maximum atomic E-state index is 12.9. The normalized spacial score (nSPS) is 18.9. The Labute approximate surface area is 362 Å². The second-order valence-corrected chi connectivity index (χ2v) is 16.5. The van der Waals surface area contributed by atoms with Crippen LogP contribution in [0.15, 0.2) is 97.6 Å². The predicted octanol–water partition coefficient (Wildman–Crippen LogP) is 9.48. The third-order valence-electron chi connectivity index (χ3n) is 12.0. The van der Waals surface area contributed by atoms with Gasteiger partial charge in [-0.25, -0.2) is 19.9 Å². The number of rotatable bonds is 13. The zero-order valence-corrected chi connectivity index (χ0v) is 35.4. The number of nitrogens with zero attached hydrogens (tertiary/aromatic N) is 6. The number of fused-ring (bicyclic) bond motifs is 2. The largest absolute Gasteiger partial charge is 0.508 e. The topological polar surface area (TPSA) is 112 Å². The molecule has 0 aliphatic heterocycles. The number of ether oxygens (including phenoxy) is 1. The first-order valence-corrected chi connectivity index (χ1v) is 21.0. The monoisotopic (exact) mass is 874 g/mol. The van der Waals surface area contributed by atoms with Gasteiger partial charge in [-0.3, -0.25) is 0 Å². The SMILES string of the molecule is CN(c1ncnc2ccc(CC(F)(F)F)cc12)[C@@H]1CC[C@H](NCc2ccc(O)cc2)C1.COc1ccc(CN[C@H]2CC[C@@H](N(C)c3ncnc4ccc(CC(F)(F)F)cc34)C2)cc1. The molecule has 0 saturated heterocycles. The highest BCUT2D eigenvalue weighted by Crippen LogP contribution is 2.34. The van der Waals surface area contributed by atoms with Gasteiger partial charge in [0.1, 0.15) is 35.8 Å². The van der Waals surface area contributed by atoms with Gasteiger partial charge >= 0.3 is 12.4 Å². The Bertz CT molecular complexity index is 2430. The van der Waals surface area contributed by atoms with Crippen molar-refractivity contribution in [3.05, 3.63) is 120 Å². The summed E-state index contributed by atoms with van der Waals surface area (Å²) in [4.78, 5) is 21.5. The molecule has 2 aliphatic rings. The van der Waals surface area contributed by atoms with Crippen LogP contribution >= 0.6 is 0 Å². The van der Waals surface area contributed by atoms with Crippen molar-refractivity contribution < 1.29 is 36.2 Å². The second kappa shape index (κ2) is 19.8. The summed E-state index contributed by atoms with van der Waals surface area (Å²) in [7, 11) is 5.57. The van der Waals surface area contributed by atoms with Crippen molar-refractivity contribution >= 4 is 33.4 Å². The molecule has 63 heavy (non-hydrogen) atoms. The van der Waals surface area contributed by atoms with E-state index in [0.717, 1.165) is 62.9 Å². The number of hydrogen-bond donors (Lipinski definition) is 3. The van der Waals surface area contributed by atoms with Crippen molar-refractivity contribution in [2.24, 2.45) is 0 Å². The average molecular weight is 875 g/mol. The number of methoxy groups -OCH3 is 1. The molecule has 0 spiro atoms. The summed E-state index contributed by atoms with van der Waals surface area (Å²) in [5.74, 6) is 2.44. The summed E-state index contributed by atoms with van der Waals surface area (Å²) < 4.78 is 82.3. The molecule has 2 heterocycles. The Kier molecular flexibility index (Phi) is 14.2. The smallest absolute Gasteiger partial charge is 0.393 e. The molecule has 2 aliphatic carbocycles. The summed E-state index contributed by atoms with van der Waals surface area (Å²) in [5.41, 5.74) is 4.03. The predicted molar refractivity (Wildman–Crippen MR) is 233 cm³/mol. The number of hydrogen-bond acceptors (Lipinski definition) is 10. The van der Waals surface area contributed by atoms with Crippen LogP contribution in [-0.4, -0.2) is 82.8 Å². The first-order valence-electron chi connectivity index (χ1n) is 21.0. The van der Waals surface area contributed by atoms with Gasteiger partial charge in [-0.15, -0.1) is 0 Å². The van der Waals surface area contributed by atoms with Crippen LogP contribution in [-0.2, 0) is 25.9 Å². The van der Waals surface area contributed by atoms with E-state index in [2.05, 4.69) is 52.5 Å². The fourth-order valence-corrected chi connectivity index (χ4v) is 8.64. The van der Waals surface area contributed by atoms with Crippen molar-refractivity contribution in [3.8, 4) is 11.5 Å². The van der Waals surface area contributed by atoms with Crippen LogP contribution in [0.2, 0.25) is 0 Å². The van der Waals surface area contributed by atoms with E-state index >= 15 is 0 Å². The minimum absolute atomic E-state index is 0.212. The van der Waals surface area contributed by atoms with E-state index in [9.17, 15) is 31.4 Å². The van der Waals surface area contributed by atoms with Gasteiger partial charge in [0, 0.05) is 62.1 Å². The molecule has 4 atom stereocenters. The van der Waals surface area contributed by atoms with Crippen molar-refractivity contribution in [3.63, 3.8) is 0 Å². The van der Waals surface area contributed by atoms with Gasteiger partial charge in [0.25, 0.3) is 0 Å². The molecule has 3 N–H and O–H groups in total. The lowest BCUT2D eigenvalue weighted by Gasteiger charge is -2.27. The summed E-state index contributed by atoms with van der Waals surface area (Å²) in [5, 5.41) is 17.9. The van der Waals surface area contributed by atoms with Crippen LogP contribution in [0.5, 0.6) is 11.5 Å². The fraction of sp³-hybridized carbons (Fsp3) is 0.404. The molecule has 8 rings (SSSR count). The van der Waals surface area contributed by atoms with Gasteiger partial charge in [0.05, 0.1) is 31.0 Å². The third kappa shape index (κ3) is 12.3. The van der Waals surface area contributed by atoms with Crippen molar-refractivity contribution in [1.82, 2.24) is 30.6 Å². The molecule has 4 aromatic carbocycles. The highest BCUT2D eigenvalue weighted by atomic mass is 19.4. The number of phenols is 1. The third-order valence-corrected chi connectivity index (χ3v) is 12.0. The van der Waals surface area contributed by atoms with Crippen molar-refractivity contribution in [1.29, 1.82) is 0 Å². The average Bonchev–Trinajstić information content (AvgIpc) is 3.94. The van der Waals surface area contributed by atoms with Crippen LogP contribution < -0.4 is 25.2 Å². The maximum absolute atomic E-state index is 12.9. The van der Waals surface area contributed by atoms with Crippen LogP contribution in [0.3, 0.4) is 0 Å². The van der Waals surface area contributed by atoms with Gasteiger partial charge in [0.2, 0.25) is 0 Å². The van der Waals surface area contributed by atoms with E-state index in [4.69, 9.17) is 4.74 Å². The van der Waals surface area contributed by atoms with Gasteiger partial charge < -0.3 is 30.3 Å². The fourth-order valence-electron chi connectivity index (χ4n) is 8.64. The standard InChI is InChI=1S/C24H27F3N4O.C23H25F3N4O/c1-31(19-7-6-18(12-19)28-14-16-3-8-20(32-2)9-4-16)23-21-11-17(13-24(25,26)27)5-10-22(21)29-15-30-23;1-30(18-6-5-17(11-18)27-13-15-2-7-19(31)8-3-15)22-20-10-16(12-23(24,25)26)4-9-21(20)28-14-29-22/h3-5,8-11,15,18-19,28H,6-7,12-14H2,1-2H3;2-4,7-10,14,17-18,27,31H,5-6,11-13H2,1H3/t18-,19+;17-,18+/m00/s1. The highest BCUT2D eigenvalue weighted by molar-refractivity contribution is 5.90. The molecule has 10 nitrogen and oxygen atoms in total. The number of halogens is 6. The van der Waals surface area contributed by atoms with Crippen LogP contribution in [0.1, 0.15) is 60.8 Å². The molecule has 2 fully saturated rings. The molecule has 0 radical (unpaired) electrons. The summed E-state index contributed by atoms with van der Waals surface area (Å²) in [6.45, 7) is 1.50. The molecule has 2 aromatic heterocycles. The Morgan fingerprint density at radius 3 is 1.41 bits per heavy atom. The summed E-state index contributed by atoms with van der Waals surface area (Å²) in [6, 6.07) is 25.7. The van der Waals surface area contributed by atoms with Crippen LogP contribution in [0.4, 0.5) is 38.0 Å². The lowest BCUT2D eigenvalue weighted by Crippen LogP contribution is -2.33. The van der Waals surface area contributed by atoms with E-state index in [1.165, 1.54) is 30.4 Å². The van der Waals surface area contributed by atoms with Crippen molar-refractivity contribution in [2.45, 2.75) is 101 Å². The number of phenolic OH excluding ortho intramolecular Hbond substituents is 1. The van der Waals surface area contributed by atoms with Crippen molar-refractivity contribution in [2.75, 3.05) is 31.0 Å². The maximum Gasteiger partial charge on any atom is 0.393 e. The second-order valence-electron chi connectivity index (χ2n) is 16.5.